The molecule has 2 aromatic rings. The molecule has 0 atom stereocenters. The SMILES string of the molecule is CC.CC1(C)OB(c2cccc(Oc3ccccn3)c2)OC1(C)C. The van der Waals surface area contributed by atoms with Crippen molar-refractivity contribution >= 4 is 12.6 Å². The van der Waals surface area contributed by atoms with Crippen LogP contribution in [0.5, 0.6) is 11.6 Å². The van der Waals surface area contributed by atoms with Crippen molar-refractivity contribution in [3.63, 3.8) is 0 Å². The predicted molar refractivity (Wildman–Crippen MR) is 97.8 cm³/mol. The Balaban J connectivity index is 0.00000100. The monoisotopic (exact) mass is 327 g/mol. The second-order valence-electron chi connectivity index (χ2n) is 6.43. The van der Waals surface area contributed by atoms with Crippen LogP contribution in [0.25, 0.3) is 0 Å². The first kappa shape index (κ1) is 18.5. The minimum atomic E-state index is -0.391. The van der Waals surface area contributed by atoms with Crippen LogP contribution in [0.15, 0.2) is 48.7 Å². The van der Waals surface area contributed by atoms with Gasteiger partial charge in [-0.05, 0) is 51.4 Å². The zero-order chi connectivity index (χ0) is 17.8. The highest BCUT2D eigenvalue weighted by molar-refractivity contribution is 6.62. The summed E-state index contributed by atoms with van der Waals surface area (Å²) in [6.07, 6.45) is 1.70. The topological polar surface area (TPSA) is 40.6 Å². The molecule has 1 aliphatic rings. The van der Waals surface area contributed by atoms with Gasteiger partial charge in [-0.15, -0.1) is 0 Å². The fraction of sp³-hybridized carbons (Fsp3) is 0.421. The third kappa shape index (κ3) is 3.97. The smallest absolute Gasteiger partial charge is 0.439 e. The normalized spacial score (nSPS) is 17.8. The highest BCUT2D eigenvalue weighted by Crippen LogP contribution is 2.36. The van der Waals surface area contributed by atoms with Crippen LogP contribution >= 0.6 is 0 Å². The Labute approximate surface area is 145 Å². The molecule has 1 aromatic carbocycles. The Morgan fingerprint density at radius 2 is 1.58 bits per heavy atom. The lowest BCUT2D eigenvalue weighted by Gasteiger charge is -2.32. The van der Waals surface area contributed by atoms with E-state index < -0.39 is 7.12 Å². The van der Waals surface area contributed by atoms with E-state index in [1.165, 1.54) is 0 Å². The summed E-state index contributed by atoms with van der Waals surface area (Å²) in [6.45, 7) is 12.2. The van der Waals surface area contributed by atoms with Gasteiger partial charge >= 0.3 is 7.12 Å². The summed E-state index contributed by atoms with van der Waals surface area (Å²) >= 11 is 0. The largest absolute Gasteiger partial charge is 0.494 e. The van der Waals surface area contributed by atoms with Gasteiger partial charge in [-0.25, -0.2) is 4.98 Å². The van der Waals surface area contributed by atoms with Crippen LogP contribution in [0.1, 0.15) is 41.5 Å². The number of hydrogen-bond donors (Lipinski definition) is 0. The van der Waals surface area contributed by atoms with E-state index in [9.17, 15) is 0 Å². The summed E-state index contributed by atoms with van der Waals surface area (Å²) in [6, 6.07) is 13.3. The van der Waals surface area contributed by atoms with E-state index in [4.69, 9.17) is 14.0 Å². The van der Waals surface area contributed by atoms with Crippen LogP contribution in [0.2, 0.25) is 0 Å². The van der Waals surface area contributed by atoms with E-state index in [-0.39, 0.29) is 11.2 Å². The molecule has 0 N–H and O–H groups in total. The molecular formula is C19H26BNO3. The van der Waals surface area contributed by atoms with Gasteiger partial charge in [0.1, 0.15) is 5.75 Å². The minimum absolute atomic E-state index is 0.352. The van der Waals surface area contributed by atoms with Crippen LogP contribution in [-0.4, -0.2) is 23.3 Å². The van der Waals surface area contributed by atoms with Gasteiger partial charge < -0.3 is 14.0 Å². The lowest BCUT2D eigenvalue weighted by atomic mass is 9.79. The van der Waals surface area contributed by atoms with Crippen molar-refractivity contribution in [2.75, 3.05) is 0 Å². The molecular weight excluding hydrogens is 301 g/mol. The molecule has 0 saturated carbocycles. The van der Waals surface area contributed by atoms with E-state index in [0.29, 0.717) is 11.6 Å². The van der Waals surface area contributed by atoms with Gasteiger partial charge in [0, 0.05) is 12.3 Å². The van der Waals surface area contributed by atoms with Crippen LogP contribution in [0, 0.1) is 0 Å². The Hall–Kier alpha value is -1.85. The lowest BCUT2D eigenvalue weighted by molar-refractivity contribution is 0.00578. The number of ether oxygens (including phenoxy) is 1. The van der Waals surface area contributed by atoms with E-state index in [1.54, 1.807) is 6.20 Å². The molecule has 4 nitrogen and oxygen atoms in total. The van der Waals surface area contributed by atoms with Crippen molar-refractivity contribution in [1.29, 1.82) is 0 Å². The molecule has 0 amide bonds. The second kappa shape index (κ2) is 7.37. The van der Waals surface area contributed by atoms with E-state index in [1.807, 2.05) is 84.0 Å². The maximum Gasteiger partial charge on any atom is 0.494 e. The first-order valence-electron chi connectivity index (χ1n) is 8.42. The average molecular weight is 327 g/mol. The first-order chi connectivity index (χ1) is 11.4. The molecule has 5 heteroatoms. The maximum absolute atomic E-state index is 6.06. The van der Waals surface area contributed by atoms with Crippen molar-refractivity contribution in [1.82, 2.24) is 4.98 Å². The molecule has 1 aliphatic heterocycles. The summed E-state index contributed by atoms with van der Waals surface area (Å²) < 4.78 is 17.9. The fourth-order valence-electron chi connectivity index (χ4n) is 2.23. The van der Waals surface area contributed by atoms with Crippen molar-refractivity contribution < 1.29 is 14.0 Å². The van der Waals surface area contributed by atoms with Crippen LogP contribution in [-0.2, 0) is 9.31 Å². The highest BCUT2D eigenvalue weighted by Gasteiger charge is 2.51. The lowest BCUT2D eigenvalue weighted by Crippen LogP contribution is -2.41. The molecule has 0 aliphatic carbocycles. The zero-order valence-electron chi connectivity index (χ0n) is 15.4. The van der Waals surface area contributed by atoms with E-state index >= 15 is 0 Å². The summed E-state index contributed by atoms with van der Waals surface area (Å²) in [5.41, 5.74) is 0.234. The summed E-state index contributed by atoms with van der Waals surface area (Å²) in [5, 5.41) is 0. The third-order valence-corrected chi connectivity index (χ3v) is 4.24. The molecule has 24 heavy (non-hydrogen) atoms. The molecule has 0 radical (unpaired) electrons. The van der Waals surface area contributed by atoms with Crippen LogP contribution in [0.3, 0.4) is 0 Å². The van der Waals surface area contributed by atoms with Crippen LogP contribution < -0.4 is 10.2 Å². The fourth-order valence-corrected chi connectivity index (χ4v) is 2.23. The maximum atomic E-state index is 6.06. The van der Waals surface area contributed by atoms with Gasteiger partial charge in [-0.3, -0.25) is 0 Å². The predicted octanol–water partition coefficient (Wildman–Crippen LogP) is 4.20. The second-order valence-corrected chi connectivity index (χ2v) is 6.43. The molecule has 128 valence electrons. The molecule has 2 heterocycles. The Kier molecular flexibility index (Phi) is 5.68. The summed E-state index contributed by atoms with van der Waals surface area (Å²) in [5.74, 6) is 1.28. The zero-order valence-corrected chi connectivity index (χ0v) is 15.4. The third-order valence-electron chi connectivity index (χ3n) is 4.24. The summed E-state index contributed by atoms with van der Waals surface area (Å²) in [4.78, 5) is 4.16. The van der Waals surface area contributed by atoms with Gasteiger partial charge in [0.05, 0.1) is 11.2 Å². The number of rotatable bonds is 3. The highest BCUT2D eigenvalue weighted by atomic mass is 16.7. The van der Waals surface area contributed by atoms with Gasteiger partial charge in [-0.1, -0.05) is 32.0 Å². The van der Waals surface area contributed by atoms with Gasteiger partial charge in [0.2, 0.25) is 5.88 Å². The molecule has 1 saturated heterocycles. The molecule has 3 rings (SSSR count). The number of hydrogen-bond acceptors (Lipinski definition) is 4. The van der Waals surface area contributed by atoms with Crippen LogP contribution in [0.4, 0.5) is 0 Å². The Morgan fingerprint density at radius 1 is 0.917 bits per heavy atom. The van der Waals surface area contributed by atoms with Crippen molar-refractivity contribution in [2.45, 2.75) is 52.7 Å². The number of pyridine rings is 1. The van der Waals surface area contributed by atoms with Gasteiger partial charge in [0.15, 0.2) is 0 Å². The Morgan fingerprint density at radius 3 is 2.17 bits per heavy atom. The number of benzene rings is 1. The average Bonchev–Trinajstić information content (AvgIpc) is 2.79. The van der Waals surface area contributed by atoms with Gasteiger partial charge in [0.25, 0.3) is 0 Å². The molecule has 0 unspecified atom stereocenters. The van der Waals surface area contributed by atoms with Crippen molar-refractivity contribution in [3.05, 3.63) is 48.7 Å². The molecule has 1 aromatic heterocycles. The molecule has 1 fully saturated rings. The quantitative estimate of drug-likeness (QED) is 0.792. The van der Waals surface area contributed by atoms with E-state index in [0.717, 1.165) is 5.46 Å². The number of nitrogens with zero attached hydrogens (tertiary/aromatic N) is 1. The first-order valence-corrected chi connectivity index (χ1v) is 8.42. The Bertz CT molecular complexity index is 643. The minimum Gasteiger partial charge on any atom is -0.439 e. The molecule has 0 spiro atoms. The standard InChI is InChI=1S/C17H20BNO3.C2H6/c1-16(2)17(3,4)22-18(21-16)13-8-7-9-14(12-13)20-15-10-5-6-11-19-15;1-2/h5-12H,1-4H3;1-2H3. The van der Waals surface area contributed by atoms with Crippen molar-refractivity contribution in [2.24, 2.45) is 0 Å². The van der Waals surface area contributed by atoms with Gasteiger partial charge in [-0.2, -0.15) is 0 Å². The molecule has 0 bridgehead atoms. The number of aromatic nitrogens is 1. The van der Waals surface area contributed by atoms with E-state index in [2.05, 4.69) is 4.98 Å². The summed E-state index contributed by atoms with van der Waals surface area (Å²) in [7, 11) is -0.391. The van der Waals surface area contributed by atoms with Crippen molar-refractivity contribution in [3.8, 4) is 11.6 Å².